The van der Waals surface area contributed by atoms with Gasteiger partial charge in [-0.2, -0.15) is 0 Å². The number of rotatable bonds is 4. The molecule has 1 aromatic carbocycles. The number of alkyl halides is 1. The SMILES string of the molecule is COc1cc2c(cc1F)nc(CCl)n2CC(=O)N(C)C. The van der Waals surface area contributed by atoms with E-state index < -0.39 is 5.82 Å². The van der Waals surface area contributed by atoms with E-state index in [9.17, 15) is 9.18 Å². The van der Waals surface area contributed by atoms with E-state index in [1.807, 2.05) is 0 Å². The number of ether oxygens (including phenoxy) is 1. The van der Waals surface area contributed by atoms with E-state index in [2.05, 4.69) is 4.98 Å². The predicted molar refractivity (Wildman–Crippen MR) is 74.5 cm³/mol. The molecule has 5 nitrogen and oxygen atoms in total. The van der Waals surface area contributed by atoms with Crippen molar-refractivity contribution in [3.8, 4) is 5.75 Å². The first-order chi connectivity index (χ1) is 9.47. The number of nitrogens with zero attached hydrogens (tertiary/aromatic N) is 3. The van der Waals surface area contributed by atoms with Gasteiger partial charge in [-0.15, -0.1) is 11.6 Å². The molecule has 0 aliphatic carbocycles. The van der Waals surface area contributed by atoms with Gasteiger partial charge in [-0.1, -0.05) is 0 Å². The molecule has 2 aromatic rings. The summed E-state index contributed by atoms with van der Waals surface area (Å²) >= 11 is 5.85. The fourth-order valence-corrected chi connectivity index (χ4v) is 2.09. The summed E-state index contributed by atoms with van der Waals surface area (Å²) in [5.41, 5.74) is 1.07. The van der Waals surface area contributed by atoms with Crippen LogP contribution in [0.1, 0.15) is 5.82 Å². The number of hydrogen-bond donors (Lipinski definition) is 0. The van der Waals surface area contributed by atoms with Crippen molar-refractivity contribution in [2.75, 3.05) is 21.2 Å². The Balaban J connectivity index is 2.58. The van der Waals surface area contributed by atoms with Crippen LogP contribution in [0, 0.1) is 5.82 Å². The number of halogens is 2. The van der Waals surface area contributed by atoms with Crippen molar-refractivity contribution in [1.82, 2.24) is 14.5 Å². The Morgan fingerprint density at radius 3 is 2.75 bits per heavy atom. The average Bonchev–Trinajstić information content (AvgIpc) is 2.74. The van der Waals surface area contributed by atoms with E-state index in [4.69, 9.17) is 16.3 Å². The molecule has 108 valence electrons. The number of fused-ring (bicyclic) bond motifs is 1. The number of hydrogen-bond acceptors (Lipinski definition) is 3. The first-order valence-electron chi connectivity index (χ1n) is 5.96. The lowest BCUT2D eigenvalue weighted by atomic mass is 10.3. The average molecular weight is 300 g/mol. The number of benzene rings is 1. The molecular weight excluding hydrogens is 285 g/mol. The van der Waals surface area contributed by atoms with Crippen LogP contribution in [-0.4, -0.2) is 41.6 Å². The van der Waals surface area contributed by atoms with E-state index >= 15 is 0 Å². The van der Waals surface area contributed by atoms with Gasteiger partial charge < -0.3 is 14.2 Å². The van der Waals surface area contributed by atoms with Crippen LogP contribution in [0.5, 0.6) is 5.75 Å². The highest BCUT2D eigenvalue weighted by Gasteiger charge is 2.16. The van der Waals surface area contributed by atoms with Crippen LogP contribution >= 0.6 is 11.6 Å². The van der Waals surface area contributed by atoms with Crippen LogP contribution in [0.2, 0.25) is 0 Å². The minimum Gasteiger partial charge on any atom is -0.494 e. The molecule has 2 rings (SSSR count). The number of carbonyl (C=O) groups is 1. The van der Waals surface area contributed by atoms with E-state index in [0.29, 0.717) is 16.9 Å². The highest BCUT2D eigenvalue weighted by atomic mass is 35.5. The number of carbonyl (C=O) groups excluding carboxylic acids is 1. The third-order valence-electron chi connectivity index (χ3n) is 3.01. The fraction of sp³-hybridized carbons (Fsp3) is 0.385. The summed E-state index contributed by atoms with van der Waals surface area (Å²) in [6, 6.07) is 2.80. The van der Waals surface area contributed by atoms with Gasteiger partial charge in [0.15, 0.2) is 11.6 Å². The van der Waals surface area contributed by atoms with Gasteiger partial charge in [0.1, 0.15) is 12.4 Å². The van der Waals surface area contributed by atoms with Gasteiger partial charge in [0.2, 0.25) is 5.91 Å². The minimum absolute atomic E-state index is 0.0976. The molecule has 7 heteroatoms. The molecule has 20 heavy (non-hydrogen) atoms. The van der Waals surface area contributed by atoms with E-state index in [-0.39, 0.29) is 24.1 Å². The van der Waals surface area contributed by atoms with Crippen molar-refractivity contribution in [3.63, 3.8) is 0 Å². The van der Waals surface area contributed by atoms with Crippen LogP contribution in [0.25, 0.3) is 11.0 Å². The number of amides is 1. The summed E-state index contributed by atoms with van der Waals surface area (Å²) in [5.74, 6) is 0.171. The van der Waals surface area contributed by atoms with E-state index in [1.165, 1.54) is 24.1 Å². The van der Waals surface area contributed by atoms with E-state index in [0.717, 1.165) is 0 Å². The molecule has 0 unspecified atom stereocenters. The van der Waals surface area contributed by atoms with Crippen molar-refractivity contribution < 1.29 is 13.9 Å². The third-order valence-corrected chi connectivity index (χ3v) is 3.25. The first kappa shape index (κ1) is 14.6. The van der Waals surface area contributed by atoms with Gasteiger partial charge in [-0.05, 0) is 0 Å². The molecule has 1 amide bonds. The van der Waals surface area contributed by atoms with Gasteiger partial charge in [0.05, 0.1) is 24.0 Å². The molecule has 0 bridgehead atoms. The first-order valence-corrected chi connectivity index (χ1v) is 6.50. The second-order valence-electron chi connectivity index (χ2n) is 4.51. The minimum atomic E-state index is -0.496. The summed E-state index contributed by atoms with van der Waals surface area (Å²) in [6.45, 7) is 0.0976. The summed E-state index contributed by atoms with van der Waals surface area (Å²) in [4.78, 5) is 17.6. The van der Waals surface area contributed by atoms with Crippen molar-refractivity contribution in [1.29, 1.82) is 0 Å². The Labute approximate surface area is 120 Å². The molecule has 0 saturated heterocycles. The Morgan fingerprint density at radius 1 is 1.50 bits per heavy atom. The lowest BCUT2D eigenvalue weighted by molar-refractivity contribution is -0.129. The maximum Gasteiger partial charge on any atom is 0.242 e. The molecule has 0 aliphatic heterocycles. The monoisotopic (exact) mass is 299 g/mol. The molecule has 0 N–H and O–H groups in total. The molecular formula is C13H15ClFN3O2. The molecule has 1 aromatic heterocycles. The molecule has 0 atom stereocenters. The molecule has 0 saturated carbocycles. The lowest BCUT2D eigenvalue weighted by Gasteiger charge is -2.13. The van der Waals surface area contributed by atoms with Crippen LogP contribution in [0.3, 0.4) is 0 Å². The number of aromatic nitrogens is 2. The Bertz CT molecular complexity index is 655. The zero-order chi connectivity index (χ0) is 14.9. The van der Waals surface area contributed by atoms with E-state index in [1.54, 1.807) is 18.7 Å². The van der Waals surface area contributed by atoms with Gasteiger partial charge >= 0.3 is 0 Å². The molecule has 0 aliphatic rings. The van der Waals surface area contributed by atoms with Gasteiger partial charge in [0, 0.05) is 26.2 Å². The van der Waals surface area contributed by atoms with Gasteiger partial charge in [-0.3, -0.25) is 4.79 Å². The zero-order valence-electron chi connectivity index (χ0n) is 11.5. The van der Waals surface area contributed by atoms with Crippen molar-refractivity contribution in [2.24, 2.45) is 0 Å². The van der Waals surface area contributed by atoms with Crippen LogP contribution < -0.4 is 4.74 Å². The maximum absolute atomic E-state index is 13.7. The molecule has 0 spiro atoms. The molecule has 0 radical (unpaired) electrons. The van der Waals surface area contributed by atoms with Gasteiger partial charge in [0.25, 0.3) is 0 Å². The largest absolute Gasteiger partial charge is 0.494 e. The second kappa shape index (κ2) is 5.66. The predicted octanol–water partition coefficient (Wildman–Crippen LogP) is 2.01. The van der Waals surface area contributed by atoms with Crippen molar-refractivity contribution in [2.45, 2.75) is 12.4 Å². The van der Waals surface area contributed by atoms with Crippen molar-refractivity contribution in [3.05, 3.63) is 23.8 Å². The molecule has 1 heterocycles. The number of methoxy groups -OCH3 is 1. The van der Waals surface area contributed by atoms with Crippen molar-refractivity contribution >= 4 is 28.5 Å². The summed E-state index contributed by atoms with van der Waals surface area (Å²) in [7, 11) is 4.72. The second-order valence-corrected chi connectivity index (χ2v) is 4.78. The number of likely N-dealkylation sites (N-methyl/N-ethyl adjacent to an activating group) is 1. The smallest absolute Gasteiger partial charge is 0.242 e. The van der Waals surface area contributed by atoms with Gasteiger partial charge in [-0.25, -0.2) is 9.37 Å². The standard InChI is InChI=1S/C13H15ClFN3O2/c1-17(2)13(19)7-18-10-5-11(20-3)8(15)4-9(10)16-12(18)6-14/h4-5H,6-7H2,1-3H3. The Hall–Kier alpha value is -1.82. The topological polar surface area (TPSA) is 47.4 Å². The lowest BCUT2D eigenvalue weighted by Crippen LogP contribution is -2.26. The molecule has 0 fully saturated rings. The normalized spacial score (nSPS) is 10.8. The summed E-state index contributed by atoms with van der Waals surface area (Å²) < 4.78 is 20.3. The zero-order valence-corrected chi connectivity index (χ0v) is 12.2. The summed E-state index contributed by atoms with van der Waals surface area (Å²) in [5, 5.41) is 0. The quantitative estimate of drug-likeness (QED) is 0.812. The Kier molecular flexibility index (Phi) is 4.13. The van der Waals surface area contributed by atoms with Crippen LogP contribution in [0.4, 0.5) is 4.39 Å². The fourth-order valence-electron chi connectivity index (χ4n) is 1.89. The maximum atomic E-state index is 13.7. The summed E-state index contributed by atoms with van der Waals surface area (Å²) in [6.07, 6.45) is 0. The number of imidazole rings is 1. The Morgan fingerprint density at radius 2 is 2.20 bits per heavy atom. The highest BCUT2D eigenvalue weighted by Crippen LogP contribution is 2.26. The third kappa shape index (κ3) is 2.56. The highest BCUT2D eigenvalue weighted by molar-refractivity contribution is 6.16. The van der Waals surface area contributed by atoms with Crippen LogP contribution in [0.15, 0.2) is 12.1 Å². The van der Waals surface area contributed by atoms with Crippen LogP contribution in [-0.2, 0) is 17.2 Å².